The SMILES string of the molecule is Cc1ccc(NCC(=O)Nc2cccc(S(=O)(=O)N3CCCCC3)c2)cc1C. The van der Waals surface area contributed by atoms with Gasteiger partial charge in [-0.05, 0) is 68.1 Å². The third-order valence-electron chi connectivity index (χ3n) is 5.03. The van der Waals surface area contributed by atoms with Crippen LogP contribution >= 0.6 is 0 Å². The summed E-state index contributed by atoms with van der Waals surface area (Å²) in [5, 5.41) is 5.86. The standard InChI is InChI=1S/C21H27N3O3S/c1-16-9-10-18(13-17(16)2)22-15-21(25)23-19-7-6-8-20(14-19)28(26,27)24-11-4-3-5-12-24/h6-10,13-14,22H,3-5,11-12,15H2,1-2H3,(H,23,25). The lowest BCUT2D eigenvalue weighted by atomic mass is 10.1. The maximum atomic E-state index is 12.8. The summed E-state index contributed by atoms with van der Waals surface area (Å²) >= 11 is 0. The number of amides is 1. The van der Waals surface area contributed by atoms with Crippen LogP contribution in [-0.2, 0) is 14.8 Å². The lowest BCUT2D eigenvalue weighted by Crippen LogP contribution is -2.35. The summed E-state index contributed by atoms with van der Waals surface area (Å²) in [7, 11) is -3.52. The van der Waals surface area contributed by atoms with Gasteiger partial charge in [-0.2, -0.15) is 4.31 Å². The molecular formula is C21H27N3O3S. The van der Waals surface area contributed by atoms with Gasteiger partial charge in [-0.1, -0.05) is 18.6 Å². The zero-order valence-corrected chi connectivity index (χ0v) is 17.2. The maximum Gasteiger partial charge on any atom is 0.243 e. The van der Waals surface area contributed by atoms with Crippen LogP contribution in [0.5, 0.6) is 0 Å². The average Bonchev–Trinajstić information content (AvgIpc) is 2.70. The van der Waals surface area contributed by atoms with Crippen molar-refractivity contribution in [3.05, 3.63) is 53.6 Å². The van der Waals surface area contributed by atoms with Crippen LogP contribution in [0, 0.1) is 13.8 Å². The van der Waals surface area contributed by atoms with E-state index in [0.29, 0.717) is 18.8 Å². The molecule has 1 heterocycles. The van der Waals surface area contributed by atoms with E-state index in [-0.39, 0.29) is 17.3 Å². The zero-order valence-electron chi connectivity index (χ0n) is 16.4. The Balaban J connectivity index is 1.63. The summed E-state index contributed by atoms with van der Waals surface area (Å²) < 4.78 is 27.1. The van der Waals surface area contributed by atoms with Crippen molar-refractivity contribution in [2.75, 3.05) is 30.3 Å². The van der Waals surface area contributed by atoms with Crippen LogP contribution in [0.25, 0.3) is 0 Å². The second-order valence-electron chi connectivity index (χ2n) is 7.19. The van der Waals surface area contributed by atoms with Crippen LogP contribution < -0.4 is 10.6 Å². The van der Waals surface area contributed by atoms with Crippen molar-refractivity contribution in [1.82, 2.24) is 4.31 Å². The van der Waals surface area contributed by atoms with Crippen LogP contribution in [0.4, 0.5) is 11.4 Å². The first-order chi connectivity index (χ1) is 13.4. The summed E-state index contributed by atoms with van der Waals surface area (Å²) in [6.45, 7) is 5.27. The number of anilines is 2. The highest BCUT2D eigenvalue weighted by molar-refractivity contribution is 7.89. The molecule has 150 valence electrons. The minimum Gasteiger partial charge on any atom is -0.376 e. The molecule has 1 fully saturated rings. The molecule has 2 N–H and O–H groups in total. The molecule has 2 aromatic carbocycles. The van der Waals surface area contributed by atoms with Gasteiger partial charge in [0.15, 0.2) is 0 Å². The summed E-state index contributed by atoms with van der Waals surface area (Å²) in [6.07, 6.45) is 2.84. The van der Waals surface area contributed by atoms with Gasteiger partial charge in [0, 0.05) is 24.5 Å². The number of nitrogens with one attached hydrogen (secondary N) is 2. The summed E-state index contributed by atoms with van der Waals surface area (Å²) in [5.74, 6) is -0.231. The molecule has 28 heavy (non-hydrogen) atoms. The van der Waals surface area contributed by atoms with Crippen molar-refractivity contribution in [2.24, 2.45) is 0 Å². The first-order valence-electron chi connectivity index (χ1n) is 9.57. The van der Waals surface area contributed by atoms with Gasteiger partial charge in [-0.3, -0.25) is 4.79 Å². The fourth-order valence-corrected chi connectivity index (χ4v) is 4.79. The number of sulfonamides is 1. The van der Waals surface area contributed by atoms with Crippen LogP contribution in [0.15, 0.2) is 47.4 Å². The van der Waals surface area contributed by atoms with E-state index in [2.05, 4.69) is 10.6 Å². The fourth-order valence-electron chi connectivity index (χ4n) is 3.23. The van der Waals surface area contributed by atoms with E-state index in [1.165, 1.54) is 15.9 Å². The van der Waals surface area contributed by atoms with Crippen molar-refractivity contribution in [1.29, 1.82) is 0 Å². The van der Waals surface area contributed by atoms with Crippen LogP contribution in [0.2, 0.25) is 0 Å². The molecule has 6 nitrogen and oxygen atoms in total. The molecule has 0 radical (unpaired) electrons. The molecule has 7 heteroatoms. The lowest BCUT2D eigenvalue weighted by Gasteiger charge is -2.26. The Labute approximate surface area is 167 Å². The normalized spacial score (nSPS) is 15.2. The average molecular weight is 402 g/mol. The third kappa shape index (κ3) is 4.91. The highest BCUT2D eigenvalue weighted by Gasteiger charge is 2.26. The summed E-state index contributed by atoms with van der Waals surface area (Å²) in [6, 6.07) is 12.4. The van der Waals surface area contributed by atoms with Crippen LogP contribution in [0.3, 0.4) is 0 Å². The minimum atomic E-state index is -3.52. The Morgan fingerprint density at radius 1 is 0.964 bits per heavy atom. The number of aryl methyl sites for hydroxylation is 2. The monoisotopic (exact) mass is 401 g/mol. The van der Waals surface area contributed by atoms with Crippen LogP contribution in [-0.4, -0.2) is 38.3 Å². The van der Waals surface area contributed by atoms with E-state index < -0.39 is 10.0 Å². The molecule has 0 atom stereocenters. The largest absolute Gasteiger partial charge is 0.376 e. The van der Waals surface area contributed by atoms with Crippen molar-refractivity contribution in [3.8, 4) is 0 Å². The molecule has 1 saturated heterocycles. The van der Waals surface area contributed by atoms with Gasteiger partial charge in [0.1, 0.15) is 0 Å². The highest BCUT2D eigenvalue weighted by Crippen LogP contribution is 2.23. The molecule has 0 spiro atoms. The van der Waals surface area contributed by atoms with E-state index >= 15 is 0 Å². The summed E-state index contributed by atoms with van der Waals surface area (Å²) in [5.41, 5.74) is 3.70. The van der Waals surface area contributed by atoms with Gasteiger partial charge in [0.05, 0.1) is 11.4 Å². The van der Waals surface area contributed by atoms with Crippen molar-refractivity contribution < 1.29 is 13.2 Å². The third-order valence-corrected chi connectivity index (χ3v) is 6.93. The summed E-state index contributed by atoms with van der Waals surface area (Å²) in [4.78, 5) is 12.5. The van der Waals surface area contributed by atoms with Crippen molar-refractivity contribution in [3.63, 3.8) is 0 Å². The number of nitrogens with zero attached hydrogens (tertiary/aromatic N) is 1. The Bertz CT molecular complexity index is 951. The molecule has 3 rings (SSSR count). The Morgan fingerprint density at radius 3 is 2.43 bits per heavy atom. The van der Waals surface area contributed by atoms with E-state index in [1.807, 2.05) is 32.0 Å². The first kappa shape index (κ1) is 20.4. The van der Waals surface area contributed by atoms with Gasteiger partial charge < -0.3 is 10.6 Å². The predicted molar refractivity (Wildman–Crippen MR) is 112 cm³/mol. The van der Waals surface area contributed by atoms with Gasteiger partial charge in [0.25, 0.3) is 0 Å². The molecule has 0 aliphatic carbocycles. The predicted octanol–water partition coefficient (Wildman–Crippen LogP) is 3.53. The minimum absolute atomic E-state index is 0.103. The molecular weight excluding hydrogens is 374 g/mol. The van der Waals surface area contributed by atoms with Gasteiger partial charge >= 0.3 is 0 Å². The van der Waals surface area contributed by atoms with Gasteiger partial charge in [-0.15, -0.1) is 0 Å². The maximum absolute atomic E-state index is 12.8. The molecule has 0 unspecified atom stereocenters. The van der Waals surface area contributed by atoms with E-state index in [4.69, 9.17) is 0 Å². The molecule has 2 aromatic rings. The quantitative estimate of drug-likeness (QED) is 0.776. The molecule has 1 amide bonds. The first-order valence-corrected chi connectivity index (χ1v) is 11.0. The molecule has 0 saturated carbocycles. The molecule has 0 bridgehead atoms. The lowest BCUT2D eigenvalue weighted by molar-refractivity contribution is -0.114. The van der Waals surface area contributed by atoms with Gasteiger partial charge in [0.2, 0.25) is 15.9 Å². The Morgan fingerprint density at radius 2 is 1.71 bits per heavy atom. The van der Waals surface area contributed by atoms with E-state index in [9.17, 15) is 13.2 Å². The Kier molecular flexibility index (Phi) is 6.36. The number of carbonyl (C=O) groups is 1. The van der Waals surface area contributed by atoms with Crippen molar-refractivity contribution in [2.45, 2.75) is 38.0 Å². The Hall–Kier alpha value is -2.38. The topological polar surface area (TPSA) is 78.5 Å². The van der Waals surface area contributed by atoms with Gasteiger partial charge in [-0.25, -0.2) is 8.42 Å². The van der Waals surface area contributed by atoms with Crippen molar-refractivity contribution >= 4 is 27.3 Å². The zero-order chi connectivity index (χ0) is 20.1. The molecule has 1 aliphatic heterocycles. The smallest absolute Gasteiger partial charge is 0.243 e. The number of hydrogen-bond donors (Lipinski definition) is 2. The van der Waals surface area contributed by atoms with E-state index in [0.717, 1.165) is 30.5 Å². The fraction of sp³-hybridized carbons (Fsp3) is 0.381. The second-order valence-corrected chi connectivity index (χ2v) is 9.13. The number of carbonyl (C=O) groups excluding carboxylic acids is 1. The molecule has 0 aromatic heterocycles. The number of hydrogen-bond acceptors (Lipinski definition) is 4. The number of benzene rings is 2. The molecule has 1 aliphatic rings. The number of rotatable bonds is 6. The second kappa shape index (κ2) is 8.75. The number of piperidine rings is 1. The van der Waals surface area contributed by atoms with E-state index in [1.54, 1.807) is 18.2 Å². The van der Waals surface area contributed by atoms with Crippen LogP contribution in [0.1, 0.15) is 30.4 Å². The highest BCUT2D eigenvalue weighted by atomic mass is 32.2.